The van der Waals surface area contributed by atoms with Crippen molar-refractivity contribution in [3.63, 3.8) is 0 Å². The van der Waals surface area contributed by atoms with Crippen LogP contribution >= 0.6 is 11.6 Å². The molecule has 0 aliphatic heterocycles. The molecule has 4 nitrogen and oxygen atoms in total. The fraction of sp³-hybridized carbons (Fsp3) is 0.100. The molecule has 0 N–H and O–H groups in total. The minimum Gasteiger partial charge on any atom is -0.495 e. The topological polar surface area (TPSA) is 67.2 Å². The molecule has 0 spiro atoms. The molecule has 76 valence electrons. The molecule has 1 rings (SSSR count). The molecule has 0 radical (unpaired) electrons. The van der Waals surface area contributed by atoms with E-state index in [1.165, 1.54) is 19.2 Å². The van der Waals surface area contributed by atoms with Gasteiger partial charge in [0.1, 0.15) is 11.8 Å². The fourth-order valence-corrected chi connectivity index (χ4v) is 1.36. The SMILES string of the molecule is COc1c(C#N)ccc(C(=O)Cl)c1C=O. The number of hydrogen-bond donors (Lipinski definition) is 0. The molecule has 0 atom stereocenters. The molecule has 1 aromatic rings. The van der Waals surface area contributed by atoms with Crippen molar-refractivity contribution in [2.24, 2.45) is 0 Å². The minimum absolute atomic E-state index is 0.00319. The first kappa shape index (κ1) is 11.2. The van der Waals surface area contributed by atoms with Crippen molar-refractivity contribution in [2.45, 2.75) is 0 Å². The Labute approximate surface area is 91.0 Å². The molecule has 0 aliphatic rings. The molecule has 5 heteroatoms. The maximum absolute atomic E-state index is 11.0. The van der Waals surface area contributed by atoms with Crippen molar-refractivity contribution < 1.29 is 14.3 Å². The second-order valence-electron chi connectivity index (χ2n) is 2.61. The van der Waals surface area contributed by atoms with Gasteiger partial charge in [-0.25, -0.2) is 0 Å². The van der Waals surface area contributed by atoms with Gasteiger partial charge in [-0.3, -0.25) is 9.59 Å². The second kappa shape index (κ2) is 4.58. The normalized spacial score (nSPS) is 9.13. The van der Waals surface area contributed by atoms with Crippen LogP contribution in [0.1, 0.15) is 26.3 Å². The van der Waals surface area contributed by atoms with Gasteiger partial charge in [0.2, 0.25) is 0 Å². The van der Waals surface area contributed by atoms with Crippen LogP contribution in [0.5, 0.6) is 5.75 Å². The van der Waals surface area contributed by atoms with Crippen molar-refractivity contribution >= 4 is 23.1 Å². The highest BCUT2D eigenvalue weighted by molar-refractivity contribution is 6.68. The van der Waals surface area contributed by atoms with Crippen molar-refractivity contribution in [1.29, 1.82) is 5.26 Å². The van der Waals surface area contributed by atoms with E-state index in [-0.39, 0.29) is 22.4 Å². The first-order chi connectivity index (χ1) is 7.15. The molecule has 0 saturated carbocycles. The van der Waals surface area contributed by atoms with Gasteiger partial charge in [-0.2, -0.15) is 5.26 Å². The number of halogens is 1. The van der Waals surface area contributed by atoms with Gasteiger partial charge in [-0.15, -0.1) is 0 Å². The summed E-state index contributed by atoms with van der Waals surface area (Å²) in [6, 6.07) is 4.55. The van der Waals surface area contributed by atoms with Gasteiger partial charge in [0, 0.05) is 5.56 Å². The Hall–Kier alpha value is -1.86. The van der Waals surface area contributed by atoms with Gasteiger partial charge in [0.15, 0.2) is 6.29 Å². The van der Waals surface area contributed by atoms with Gasteiger partial charge < -0.3 is 4.74 Å². The maximum atomic E-state index is 11.0. The summed E-state index contributed by atoms with van der Waals surface area (Å²) in [5, 5.41) is 7.97. The maximum Gasteiger partial charge on any atom is 0.253 e. The smallest absolute Gasteiger partial charge is 0.253 e. The van der Waals surface area contributed by atoms with Crippen LogP contribution in [0.15, 0.2) is 12.1 Å². The number of benzene rings is 1. The third-order valence-corrected chi connectivity index (χ3v) is 2.05. The van der Waals surface area contributed by atoms with E-state index in [1.54, 1.807) is 0 Å². The summed E-state index contributed by atoms with van der Waals surface area (Å²) in [6.07, 6.45) is 0.440. The van der Waals surface area contributed by atoms with Gasteiger partial charge in [-0.1, -0.05) is 0 Å². The van der Waals surface area contributed by atoms with Gasteiger partial charge >= 0.3 is 0 Å². The Morgan fingerprint density at radius 3 is 2.67 bits per heavy atom. The van der Waals surface area contributed by atoms with Gasteiger partial charge in [-0.05, 0) is 23.7 Å². The lowest BCUT2D eigenvalue weighted by Gasteiger charge is -2.07. The van der Waals surface area contributed by atoms with Crippen molar-refractivity contribution in [3.8, 4) is 11.8 Å². The molecule has 15 heavy (non-hydrogen) atoms. The standard InChI is InChI=1S/C10H6ClNO3/c1-15-9-6(4-12)2-3-7(10(11)14)8(9)5-13/h2-3,5H,1H3. The molecule has 1 aromatic carbocycles. The summed E-state index contributed by atoms with van der Waals surface area (Å²) < 4.78 is 4.88. The van der Waals surface area contributed by atoms with Crippen LogP contribution in [0.25, 0.3) is 0 Å². The van der Waals surface area contributed by atoms with Crippen LogP contribution in [0.2, 0.25) is 0 Å². The summed E-state index contributed by atoms with van der Waals surface area (Å²) >= 11 is 5.28. The van der Waals surface area contributed by atoms with Crippen molar-refractivity contribution in [1.82, 2.24) is 0 Å². The minimum atomic E-state index is -0.764. The number of carbonyl (C=O) groups is 2. The number of nitriles is 1. The fourth-order valence-electron chi connectivity index (χ4n) is 1.20. The molecule has 0 aliphatic carbocycles. The zero-order valence-electron chi connectivity index (χ0n) is 7.78. The number of carbonyl (C=O) groups excluding carboxylic acids is 2. The van der Waals surface area contributed by atoms with E-state index in [1.807, 2.05) is 6.07 Å². The first-order valence-electron chi connectivity index (χ1n) is 3.91. The Bertz CT molecular complexity index is 462. The number of ether oxygens (including phenoxy) is 1. The second-order valence-corrected chi connectivity index (χ2v) is 2.95. The summed E-state index contributed by atoms with van der Waals surface area (Å²) in [6.45, 7) is 0. The number of nitrogens with zero attached hydrogens (tertiary/aromatic N) is 1. The molecule has 0 bridgehead atoms. The number of rotatable bonds is 3. The van der Waals surface area contributed by atoms with Crippen LogP contribution in [0.4, 0.5) is 0 Å². The summed E-state index contributed by atoms with van der Waals surface area (Å²) in [4.78, 5) is 21.7. The van der Waals surface area contributed by atoms with E-state index >= 15 is 0 Å². The quantitative estimate of drug-likeness (QED) is 0.578. The van der Waals surface area contributed by atoms with E-state index in [0.29, 0.717) is 6.29 Å². The Morgan fingerprint density at radius 1 is 1.60 bits per heavy atom. The molecular weight excluding hydrogens is 218 g/mol. The average Bonchev–Trinajstić information content (AvgIpc) is 2.26. The van der Waals surface area contributed by atoms with E-state index in [9.17, 15) is 9.59 Å². The number of aldehydes is 1. The summed E-state index contributed by atoms with van der Waals surface area (Å²) in [5.41, 5.74) is 0.209. The van der Waals surface area contributed by atoms with E-state index in [0.717, 1.165) is 0 Å². The molecule has 0 aromatic heterocycles. The Kier molecular flexibility index (Phi) is 3.42. The molecular formula is C10H6ClNO3. The molecule has 0 fully saturated rings. The zero-order valence-corrected chi connectivity index (χ0v) is 8.54. The van der Waals surface area contributed by atoms with Gasteiger partial charge in [0.25, 0.3) is 5.24 Å². The highest BCUT2D eigenvalue weighted by atomic mass is 35.5. The Morgan fingerprint density at radius 2 is 2.27 bits per heavy atom. The molecule has 0 amide bonds. The zero-order chi connectivity index (χ0) is 11.4. The molecule has 0 heterocycles. The van der Waals surface area contributed by atoms with Crippen LogP contribution in [0, 0.1) is 11.3 Å². The molecule has 0 saturated heterocycles. The van der Waals surface area contributed by atoms with Crippen molar-refractivity contribution in [3.05, 3.63) is 28.8 Å². The lowest BCUT2D eigenvalue weighted by molar-refractivity contribution is 0.106. The predicted molar refractivity (Wildman–Crippen MR) is 53.3 cm³/mol. The van der Waals surface area contributed by atoms with Crippen LogP contribution < -0.4 is 4.74 Å². The number of hydrogen-bond acceptors (Lipinski definition) is 4. The molecule has 0 unspecified atom stereocenters. The number of methoxy groups -OCH3 is 1. The first-order valence-corrected chi connectivity index (χ1v) is 4.29. The Balaban J connectivity index is 3.56. The predicted octanol–water partition coefficient (Wildman–Crippen LogP) is 1.76. The lowest BCUT2D eigenvalue weighted by Crippen LogP contribution is -2.02. The monoisotopic (exact) mass is 223 g/mol. The van der Waals surface area contributed by atoms with Crippen LogP contribution in [-0.4, -0.2) is 18.6 Å². The lowest BCUT2D eigenvalue weighted by atomic mass is 10.0. The van der Waals surface area contributed by atoms with E-state index < -0.39 is 5.24 Å². The third-order valence-electron chi connectivity index (χ3n) is 1.85. The van der Waals surface area contributed by atoms with Gasteiger partial charge in [0.05, 0.1) is 18.2 Å². The largest absolute Gasteiger partial charge is 0.495 e. The van der Waals surface area contributed by atoms with Crippen molar-refractivity contribution in [2.75, 3.05) is 7.11 Å². The third kappa shape index (κ3) is 1.97. The highest BCUT2D eigenvalue weighted by Crippen LogP contribution is 2.26. The van der Waals surface area contributed by atoms with E-state index in [4.69, 9.17) is 21.6 Å². The summed E-state index contributed by atoms with van der Waals surface area (Å²) in [7, 11) is 1.31. The average molecular weight is 224 g/mol. The van der Waals surface area contributed by atoms with Crippen LogP contribution in [-0.2, 0) is 0 Å². The van der Waals surface area contributed by atoms with E-state index in [2.05, 4.69) is 0 Å². The summed E-state index contributed by atoms with van der Waals surface area (Å²) in [5.74, 6) is 0.0685. The van der Waals surface area contributed by atoms with Crippen LogP contribution in [0.3, 0.4) is 0 Å². The highest BCUT2D eigenvalue weighted by Gasteiger charge is 2.16.